The van der Waals surface area contributed by atoms with Crippen molar-refractivity contribution >= 4 is 8.07 Å². The minimum Gasteiger partial charge on any atom is -0.507 e. The summed E-state index contributed by atoms with van der Waals surface area (Å²) in [5, 5.41) is 20.2. The summed E-state index contributed by atoms with van der Waals surface area (Å²) in [5.41, 5.74) is 3.37. The summed E-state index contributed by atoms with van der Waals surface area (Å²) < 4.78 is 12.7. The van der Waals surface area contributed by atoms with Crippen LogP contribution in [0.4, 0.5) is 0 Å². The molecule has 2 aromatic rings. The third-order valence-corrected chi connectivity index (χ3v) is 10.5. The molecule has 2 aromatic carbocycles. The highest BCUT2D eigenvalue weighted by atomic mass is 28.3. The van der Waals surface area contributed by atoms with Gasteiger partial charge in [0.15, 0.2) is 0 Å². The molecule has 31 heavy (non-hydrogen) atoms. The molecule has 0 spiro atoms. The fraction of sp³-hybridized carbons (Fsp3) is 0.538. The number of phenolic OH excluding ortho intramolecular Hbond substituents is 2. The van der Waals surface area contributed by atoms with E-state index in [1.54, 1.807) is 0 Å². The van der Waals surface area contributed by atoms with Crippen LogP contribution >= 0.6 is 0 Å². The second kappa shape index (κ2) is 11.5. The Morgan fingerprint density at radius 1 is 0.645 bits per heavy atom. The van der Waals surface area contributed by atoms with Gasteiger partial charge in [0.2, 0.25) is 0 Å². The predicted molar refractivity (Wildman–Crippen MR) is 131 cm³/mol. The van der Waals surface area contributed by atoms with Crippen molar-refractivity contribution < 1.29 is 19.7 Å². The third kappa shape index (κ3) is 6.93. The highest BCUT2D eigenvalue weighted by Crippen LogP contribution is 2.31. The topological polar surface area (TPSA) is 58.9 Å². The number of hydrogen-bond donors (Lipinski definition) is 2. The first-order valence-corrected chi connectivity index (χ1v) is 14.4. The van der Waals surface area contributed by atoms with E-state index >= 15 is 0 Å². The van der Waals surface area contributed by atoms with Crippen molar-refractivity contribution in [2.24, 2.45) is 0 Å². The van der Waals surface area contributed by atoms with Crippen LogP contribution in [0, 0.1) is 27.7 Å². The molecule has 0 fully saturated rings. The SMILES string of the molecule is CCCC[Si](CCCC)(COc1cc(C)c(O)c(C)c1)COc1cc(C)c(O)c(C)c1. The van der Waals surface area contributed by atoms with E-state index in [-0.39, 0.29) is 0 Å². The van der Waals surface area contributed by atoms with Gasteiger partial charge in [-0.1, -0.05) is 51.6 Å². The van der Waals surface area contributed by atoms with Crippen LogP contribution in [0.25, 0.3) is 0 Å². The van der Waals surface area contributed by atoms with E-state index in [0.717, 1.165) is 46.6 Å². The van der Waals surface area contributed by atoms with E-state index in [0.29, 0.717) is 24.0 Å². The first-order chi connectivity index (χ1) is 14.7. The first-order valence-electron chi connectivity index (χ1n) is 11.6. The lowest BCUT2D eigenvalue weighted by molar-refractivity contribution is 0.337. The molecule has 2 N–H and O–H groups in total. The second-order valence-corrected chi connectivity index (χ2v) is 13.7. The molecular formula is C26H40O4Si. The highest BCUT2D eigenvalue weighted by molar-refractivity contribution is 6.79. The van der Waals surface area contributed by atoms with Gasteiger partial charge in [0.25, 0.3) is 0 Å². The maximum absolute atomic E-state index is 10.1. The smallest absolute Gasteiger partial charge is 0.142 e. The lowest BCUT2D eigenvalue weighted by Crippen LogP contribution is -2.48. The summed E-state index contributed by atoms with van der Waals surface area (Å²) in [6.07, 6.45) is 6.12. The van der Waals surface area contributed by atoms with Gasteiger partial charge in [0, 0.05) is 0 Å². The number of hydrogen-bond acceptors (Lipinski definition) is 4. The fourth-order valence-corrected chi connectivity index (χ4v) is 8.09. The predicted octanol–water partition coefficient (Wildman–Crippen LogP) is 6.92. The quantitative estimate of drug-likeness (QED) is 0.349. The number of rotatable bonds is 12. The number of benzene rings is 2. The number of aromatic hydroxyl groups is 2. The Bertz CT molecular complexity index is 745. The van der Waals surface area contributed by atoms with E-state index in [1.807, 2.05) is 52.0 Å². The average Bonchev–Trinajstić information content (AvgIpc) is 2.74. The van der Waals surface area contributed by atoms with Crippen LogP contribution in [0.15, 0.2) is 24.3 Å². The van der Waals surface area contributed by atoms with Gasteiger partial charge in [-0.05, 0) is 74.2 Å². The molecule has 0 heterocycles. The van der Waals surface area contributed by atoms with Crippen molar-refractivity contribution in [3.8, 4) is 23.0 Å². The van der Waals surface area contributed by atoms with Crippen molar-refractivity contribution in [2.45, 2.75) is 79.3 Å². The van der Waals surface area contributed by atoms with Crippen molar-refractivity contribution in [1.82, 2.24) is 0 Å². The van der Waals surface area contributed by atoms with E-state index in [4.69, 9.17) is 9.47 Å². The number of unbranched alkanes of at least 4 members (excludes halogenated alkanes) is 2. The van der Waals surface area contributed by atoms with Gasteiger partial charge in [-0.25, -0.2) is 0 Å². The zero-order valence-corrected chi connectivity index (χ0v) is 21.2. The molecule has 0 saturated carbocycles. The largest absolute Gasteiger partial charge is 0.507 e. The standard InChI is InChI=1S/C26H40O4Si/c1-7-9-11-31(12-10-8-2,17-29-23-13-19(3)25(27)20(4)14-23)18-30-24-15-21(5)26(28)22(6)16-24/h13-16,27-28H,7-12,17-18H2,1-6H3. The molecule has 0 aliphatic rings. The normalized spacial score (nSPS) is 11.5. The van der Waals surface area contributed by atoms with Crippen LogP contribution in [0.1, 0.15) is 61.8 Å². The molecule has 0 saturated heterocycles. The van der Waals surface area contributed by atoms with E-state index in [2.05, 4.69) is 13.8 Å². The lowest BCUT2D eigenvalue weighted by atomic mass is 10.1. The van der Waals surface area contributed by atoms with Gasteiger partial charge in [-0.15, -0.1) is 0 Å². The molecule has 0 aliphatic carbocycles. The summed E-state index contributed by atoms with van der Waals surface area (Å²) in [7, 11) is -1.87. The minimum atomic E-state index is -1.87. The Morgan fingerprint density at radius 3 is 1.26 bits per heavy atom. The molecular weight excluding hydrogens is 404 g/mol. The molecule has 4 nitrogen and oxygen atoms in total. The van der Waals surface area contributed by atoms with E-state index in [1.165, 1.54) is 24.9 Å². The molecule has 0 unspecified atom stereocenters. The van der Waals surface area contributed by atoms with Crippen LogP contribution in [-0.2, 0) is 0 Å². The summed E-state index contributed by atoms with van der Waals surface area (Å²) >= 11 is 0. The van der Waals surface area contributed by atoms with Gasteiger partial charge in [0.05, 0.1) is 12.5 Å². The van der Waals surface area contributed by atoms with Crippen LogP contribution in [-0.4, -0.2) is 30.7 Å². The zero-order valence-electron chi connectivity index (χ0n) is 20.2. The Labute approximate surface area is 189 Å². The zero-order chi connectivity index (χ0) is 23.0. The summed E-state index contributed by atoms with van der Waals surface area (Å²) in [5.74, 6) is 2.34. The van der Waals surface area contributed by atoms with Crippen LogP contribution in [0.3, 0.4) is 0 Å². The Balaban J connectivity index is 2.24. The molecule has 0 aromatic heterocycles. The maximum Gasteiger partial charge on any atom is 0.142 e. The Morgan fingerprint density at radius 2 is 0.968 bits per heavy atom. The van der Waals surface area contributed by atoms with Gasteiger partial charge >= 0.3 is 0 Å². The summed E-state index contributed by atoms with van der Waals surface area (Å²) in [4.78, 5) is 0. The molecule has 0 aliphatic heterocycles. The van der Waals surface area contributed by atoms with Gasteiger partial charge in [-0.2, -0.15) is 0 Å². The first kappa shape index (κ1) is 25.1. The van der Waals surface area contributed by atoms with Gasteiger partial charge in [0.1, 0.15) is 31.1 Å². The van der Waals surface area contributed by atoms with Crippen LogP contribution < -0.4 is 9.47 Å². The number of aryl methyl sites for hydroxylation is 4. The lowest BCUT2D eigenvalue weighted by Gasteiger charge is -2.32. The van der Waals surface area contributed by atoms with Crippen molar-refractivity contribution in [2.75, 3.05) is 12.5 Å². The monoisotopic (exact) mass is 444 g/mol. The molecule has 2 rings (SSSR count). The average molecular weight is 445 g/mol. The fourth-order valence-electron chi connectivity index (χ4n) is 4.03. The van der Waals surface area contributed by atoms with Crippen molar-refractivity contribution in [1.29, 1.82) is 0 Å². The molecule has 172 valence electrons. The Kier molecular flexibility index (Phi) is 9.29. The molecule has 0 radical (unpaired) electrons. The highest BCUT2D eigenvalue weighted by Gasteiger charge is 2.35. The van der Waals surface area contributed by atoms with Gasteiger partial charge in [-0.3, -0.25) is 0 Å². The summed E-state index contributed by atoms with van der Waals surface area (Å²) in [6, 6.07) is 10.1. The van der Waals surface area contributed by atoms with Crippen LogP contribution in [0.2, 0.25) is 12.1 Å². The molecule has 0 amide bonds. The maximum atomic E-state index is 10.1. The molecule has 0 atom stereocenters. The van der Waals surface area contributed by atoms with Gasteiger partial charge < -0.3 is 19.7 Å². The second-order valence-electron chi connectivity index (χ2n) is 9.10. The van der Waals surface area contributed by atoms with Crippen molar-refractivity contribution in [3.63, 3.8) is 0 Å². The number of phenols is 2. The van der Waals surface area contributed by atoms with E-state index < -0.39 is 8.07 Å². The number of ether oxygens (including phenoxy) is 2. The van der Waals surface area contributed by atoms with E-state index in [9.17, 15) is 10.2 Å². The molecule has 0 bridgehead atoms. The summed E-state index contributed by atoms with van der Waals surface area (Å²) in [6.45, 7) is 12.1. The Hall–Kier alpha value is -2.14. The molecule has 5 heteroatoms. The minimum absolute atomic E-state index is 0.342. The van der Waals surface area contributed by atoms with Crippen molar-refractivity contribution in [3.05, 3.63) is 46.5 Å². The third-order valence-electron chi connectivity index (χ3n) is 6.14. The van der Waals surface area contributed by atoms with Crippen LogP contribution in [0.5, 0.6) is 23.0 Å².